The topological polar surface area (TPSA) is 71.1 Å². The summed E-state index contributed by atoms with van der Waals surface area (Å²) in [5.74, 6) is 0.752. The van der Waals surface area contributed by atoms with Gasteiger partial charge >= 0.3 is 0 Å². The van der Waals surface area contributed by atoms with E-state index in [-0.39, 0.29) is 5.84 Å². The van der Waals surface area contributed by atoms with Crippen LogP contribution in [0.2, 0.25) is 0 Å². The van der Waals surface area contributed by atoms with E-state index >= 15 is 0 Å². The minimum Gasteiger partial charge on any atom is -0.409 e. The molecule has 20 heavy (non-hydrogen) atoms. The monoisotopic (exact) mass is 341 g/mol. The van der Waals surface area contributed by atoms with E-state index in [1.165, 1.54) is 0 Å². The molecule has 1 heterocycles. The summed E-state index contributed by atoms with van der Waals surface area (Å²) >= 11 is 3.47. The Kier molecular flexibility index (Phi) is 5.25. The predicted molar refractivity (Wildman–Crippen MR) is 83.5 cm³/mol. The van der Waals surface area contributed by atoms with Gasteiger partial charge in [0.1, 0.15) is 0 Å². The highest BCUT2D eigenvalue weighted by molar-refractivity contribution is 9.10. The number of ether oxygens (including phenoxy) is 1. The molecule has 0 aliphatic carbocycles. The number of benzene rings is 1. The molecule has 0 saturated carbocycles. The van der Waals surface area contributed by atoms with E-state index < -0.39 is 0 Å². The van der Waals surface area contributed by atoms with Crippen molar-refractivity contribution in [1.82, 2.24) is 0 Å². The van der Waals surface area contributed by atoms with Gasteiger partial charge in [-0.1, -0.05) is 11.2 Å². The number of nitrogens with two attached hydrogens (primary N) is 1. The van der Waals surface area contributed by atoms with Gasteiger partial charge in [-0.3, -0.25) is 0 Å². The Hall–Kier alpha value is -1.27. The number of oxime groups is 1. The number of hydrogen-bond acceptors (Lipinski definition) is 4. The summed E-state index contributed by atoms with van der Waals surface area (Å²) in [5, 5.41) is 12.1. The molecule has 6 heteroatoms. The summed E-state index contributed by atoms with van der Waals surface area (Å²) in [4.78, 5) is 2.28. The van der Waals surface area contributed by atoms with Gasteiger partial charge in [0.2, 0.25) is 0 Å². The zero-order valence-electron chi connectivity index (χ0n) is 11.6. The highest BCUT2D eigenvalue weighted by atomic mass is 79.9. The van der Waals surface area contributed by atoms with Crippen LogP contribution in [0.3, 0.4) is 0 Å². The fourth-order valence-corrected chi connectivity index (χ4v) is 3.21. The molecule has 0 spiro atoms. The van der Waals surface area contributed by atoms with E-state index in [1.807, 2.05) is 18.2 Å². The first-order valence-electron chi connectivity index (χ1n) is 6.67. The third-order valence-corrected chi connectivity index (χ3v) is 4.37. The number of methoxy groups -OCH3 is 1. The molecule has 3 N–H and O–H groups in total. The SMILES string of the molecule is COCC1CCN(c2cccc(Br)c2/C(N)=N/O)CC1. The third kappa shape index (κ3) is 3.24. The maximum Gasteiger partial charge on any atom is 0.173 e. The minimum atomic E-state index is 0.131. The Morgan fingerprint density at radius 2 is 2.20 bits per heavy atom. The van der Waals surface area contributed by atoms with Gasteiger partial charge in [-0.05, 0) is 46.8 Å². The van der Waals surface area contributed by atoms with Crippen molar-refractivity contribution in [3.63, 3.8) is 0 Å². The lowest BCUT2D eigenvalue weighted by molar-refractivity contribution is 0.139. The number of halogens is 1. The number of rotatable bonds is 4. The van der Waals surface area contributed by atoms with Crippen LogP contribution in [0.25, 0.3) is 0 Å². The second-order valence-electron chi connectivity index (χ2n) is 5.00. The van der Waals surface area contributed by atoms with Gasteiger partial charge in [-0.25, -0.2) is 0 Å². The van der Waals surface area contributed by atoms with Crippen LogP contribution in [0.1, 0.15) is 18.4 Å². The maximum absolute atomic E-state index is 8.95. The van der Waals surface area contributed by atoms with Crippen molar-refractivity contribution in [2.45, 2.75) is 12.8 Å². The fraction of sp³-hybridized carbons (Fsp3) is 0.500. The van der Waals surface area contributed by atoms with Crippen LogP contribution in [0.15, 0.2) is 27.8 Å². The summed E-state index contributed by atoms with van der Waals surface area (Å²) in [6.07, 6.45) is 2.19. The molecule has 110 valence electrons. The lowest BCUT2D eigenvalue weighted by Gasteiger charge is -2.34. The second-order valence-corrected chi connectivity index (χ2v) is 5.86. The molecule has 1 aromatic rings. The van der Waals surface area contributed by atoms with Crippen molar-refractivity contribution in [1.29, 1.82) is 0 Å². The molecule has 1 fully saturated rings. The van der Waals surface area contributed by atoms with Gasteiger partial charge in [-0.2, -0.15) is 0 Å². The predicted octanol–water partition coefficient (Wildman–Crippen LogP) is 2.41. The minimum absolute atomic E-state index is 0.131. The molecule has 2 rings (SSSR count). The van der Waals surface area contributed by atoms with E-state index in [0.717, 1.165) is 48.3 Å². The summed E-state index contributed by atoms with van der Waals surface area (Å²) in [7, 11) is 1.75. The van der Waals surface area contributed by atoms with Gasteiger partial charge in [0.05, 0.1) is 5.56 Å². The molecule has 1 saturated heterocycles. The third-order valence-electron chi connectivity index (χ3n) is 3.71. The molecule has 0 radical (unpaired) electrons. The van der Waals surface area contributed by atoms with Crippen LogP contribution in [-0.4, -0.2) is 37.8 Å². The zero-order chi connectivity index (χ0) is 14.5. The van der Waals surface area contributed by atoms with Crippen LogP contribution in [0.4, 0.5) is 5.69 Å². The van der Waals surface area contributed by atoms with Crippen LogP contribution < -0.4 is 10.6 Å². The molecule has 0 aromatic heterocycles. The Bertz CT molecular complexity index is 485. The quantitative estimate of drug-likeness (QED) is 0.382. The van der Waals surface area contributed by atoms with Crippen molar-refractivity contribution in [3.8, 4) is 0 Å². The van der Waals surface area contributed by atoms with Crippen molar-refractivity contribution in [2.24, 2.45) is 16.8 Å². The number of anilines is 1. The van der Waals surface area contributed by atoms with Crippen molar-refractivity contribution >= 4 is 27.5 Å². The second kappa shape index (κ2) is 6.95. The molecule has 0 amide bonds. The van der Waals surface area contributed by atoms with Gasteiger partial charge in [0.25, 0.3) is 0 Å². The Balaban J connectivity index is 2.20. The van der Waals surface area contributed by atoms with Gasteiger partial charge in [0.15, 0.2) is 5.84 Å². The molecular formula is C14H20BrN3O2. The van der Waals surface area contributed by atoms with Crippen molar-refractivity contribution in [2.75, 3.05) is 31.7 Å². The Morgan fingerprint density at radius 3 is 2.80 bits per heavy atom. The standard InChI is InChI=1S/C14H20BrN3O2/c1-20-9-10-5-7-18(8-6-10)12-4-2-3-11(15)13(12)14(16)17-19/h2-4,10,19H,5-9H2,1H3,(H2,16,17). The van der Waals surface area contributed by atoms with Crippen molar-refractivity contribution < 1.29 is 9.94 Å². The van der Waals surface area contributed by atoms with Crippen LogP contribution in [-0.2, 0) is 4.74 Å². The molecule has 1 aromatic carbocycles. The first-order valence-corrected chi connectivity index (χ1v) is 7.47. The first kappa shape index (κ1) is 15.1. The van der Waals surface area contributed by atoms with E-state index in [0.29, 0.717) is 5.92 Å². The van der Waals surface area contributed by atoms with Gasteiger partial charge < -0.3 is 20.6 Å². The Morgan fingerprint density at radius 1 is 1.50 bits per heavy atom. The molecule has 0 unspecified atom stereocenters. The summed E-state index contributed by atoms with van der Waals surface area (Å²) in [6, 6.07) is 5.87. The molecule has 1 aliphatic heterocycles. The molecule has 1 aliphatic rings. The van der Waals surface area contributed by atoms with E-state index in [1.54, 1.807) is 7.11 Å². The van der Waals surface area contributed by atoms with Crippen LogP contribution in [0.5, 0.6) is 0 Å². The number of hydrogen-bond donors (Lipinski definition) is 2. The molecule has 0 atom stereocenters. The largest absolute Gasteiger partial charge is 0.409 e. The van der Waals surface area contributed by atoms with Crippen LogP contribution >= 0.6 is 15.9 Å². The fourth-order valence-electron chi connectivity index (χ4n) is 2.66. The smallest absolute Gasteiger partial charge is 0.173 e. The van der Waals surface area contributed by atoms with Crippen molar-refractivity contribution in [3.05, 3.63) is 28.2 Å². The molecule has 0 bridgehead atoms. The lowest BCUT2D eigenvalue weighted by atomic mass is 9.96. The number of amidine groups is 1. The normalized spacial score (nSPS) is 17.5. The van der Waals surface area contributed by atoms with E-state index in [4.69, 9.17) is 15.7 Å². The number of nitrogens with zero attached hydrogens (tertiary/aromatic N) is 2. The zero-order valence-corrected chi connectivity index (χ0v) is 13.1. The highest BCUT2D eigenvalue weighted by Crippen LogP contribution is 2.30. The number of piperidine rings is 1. The lowest BCUT2D eigenvalue weighted by Crippen LogP contribution is -2.36. The van der Waals surface area contributed by atoms with Gasteiger partial charge in [0, 0.05) is 37.0 Å². The average Bonchev–Trinajstić information content (AvgIpc) is 2.47. The van der Waals surface area contributed by atoms with E-state index in [2.05, 4.69) is 26.0 Å². The molecule has 5 nitrogen and oxygen atoms in total. The van der Waals surface area contributed by atoms with Crippen LogP contribution in [0, 0.1) is 5.92 Å². The Labute approximate surface area is 127 Å². The van der Waals surface area contributed by atoms with E-state index in [9.17, 15) is 0 Å². The molecular weight excluding hydrogens is 322 g/mol. The van der Waals surface area contributed by atoms with Gasteiger partial charge in [-0.15, -0.1) is 0 Å². The average molecular weight is 342 g/mol. The summed E-state index contributed by atoms with van der Waals surface area (Å²) in [6.45, 7) is 2.73. The summed E-state index contributed by atoms with van der Waals surface area (Å²) in [5.41, 5.74) is 7.56. The highest BCUT2D eigenvalue weighted by Gasteiger charge is 2.22. The maximum atomic E-state index is 8.95. The first-order chi connectivity index (χ1) is 9.67. The summed E-state index contributed by atoms with van der Waals surface area (Å²) < 4.78 is 6.06.